The van der Waals surface area contributed by atoms with Crippen LogP contribution in [0.1, 0.15) is 25.7 Å². The van der Waals surface area contributed by atoms with E-state index in [9.17, 15) is 10.2 Å². The molecule has 0 bridgehead atoms. The lowest BCUT2D eigenvalue weighted by Crippen LogP contribution is -2.36. The van der Waals surface area contributed by atoms with Gasteiger partial charge in [-0.2, -0.15) is 0 Å². The monoisotopic (exact) mass is 168 g/mol. The lowest BCUT2D eigenvalue weighted by molar-refractivity contribution is 0.0107. The fraction of sp³-hybridized carbons (Fsp3) is 0.800. The van der Waals surface area contributed by atoms with Crippen LogP contribution < -0.4 is 0 Å². The van der Waals surface area contributed by atoms with Gasteiger partial charge in [-0.15, -0.1) is 0 Å². The SMILES string of the molecule is OC1CC[C@H]2CC=C[C@@H](O)C2C1. The van der Waals surface area contributed by atoms with Gasteiger partial charge in [0, 0.05) is 0 Å². The van der Waals surface area contributed by atoms with E-state index in [-0.39, 0.29) is 12.2 Å². The van der Waals surface area contributed by atoms with E-state index in [1.165, 1.54) is 0 Å². The molecule has 1 saturated carbocycles. The molecule has 0 spiro atoms. The predicted octanol–water partition coefficient (Wildman–Crippen LogP) is 1.08. The minimum absolute atomic E-state index is 0.174. The first-order chi connectivity index (χ1) is 5.77. The molecule has 2 unspecified atom stereocenters. The van der Waals surface area contributed by atoms with Gasteiger partial charge in [-0.05, 0) is 37.5 Å². The van der Waals surface area contributed by atoms with Gasteiger partial charge in [0.1, 0.15) is 0 Å². The van der Waals surface area contributed by atoms with Gasteiger partial charge in [0.25, 0.3) is 0 Å². The number of rotatable bonds is 0. The van der Waals surface area contributed by atoms with Crippen LogP contribution in [0.2, 0.25) is 0 Å². The van der Waals surface area contributed by atoms with Crippen molar-refractivity contribution in [2.24, 2.45) is 11.8 Å². The Morgan fingerprint density at radius 1 is 1.17 bits per heavy atom. The molecule has 2 nitrogen and oxygen atoms in total. The Morgan fingerprint density at radius 3 is 2.83 bits per heavy atom. The molecular formula is C10H16O2. The first-order valence-corrected chi connectivity index (χ1v) is 4.80. The van der Waals surface area contributed by atoms with Gasteiger partial charge in [0.2, 0.25) is 0 Å². The highest BCUT2D eigenvalue weighted by molar-refractivity contribution is 5.03. The zero-order valence-electron chi connectivity index (χ0n) is 7.19. The number of aliphatic hydroxyl groups excluding tert-OH is 2. The van der Waals surface area contributed by atoms with Crippen LogP contribution in [0.4, 0.5) is 0 Å². The predicted molar refractivity (Wildman–Crippen MR) is 46.6 cm³/mol. The van der Waals surface area contributed by atoms with E-state index >= 15 is 0 Å². The average molecular weight is 168 g/mol. The number of fused-ring (bicyclic) bond motifs is 1. The molecule has 0 aromatic heterocycles. The van der Waals surface area contributed by atoms with Crippen LogP contribution in [0, 0.1) is 11.8 Å². The molecule has 12 heavy (non-hydrogen) atoms. The second-order valence-electron chi connectivity index (χ2n) is 4.05. The van der Waals surface area contributed by atoms with Crippen molar-refractivity contribution in [3.8, 4) is 0 Å². The fourth-order valence-corrected chi connectivity index (χ4v) is 2.49. The van der Waals surface area contributed by atoms with Gasteiger partial charge in [0.15, 0.2) is 0 Å². The summed E-state index contributed by atoms with van der Waals surface area (Å²) in [7, 11) is 0. The van der Waals surface area contributed by atoms with E-state index in [0.29, 0.717) is 11.8 Å². The van der Waals surface area contributed by atoms with Gasteiger partial charge < -0.3 is 10.2 Å². The molecule has 68 valence electrons. The Bertz CT molecular complexity index is 188. The average Bonchev–Trinajstić information content (AvgIpc) is 2.07. The Hall–Kier alpha value is -0.340. The van der Waals surface area contributed by atoms with E-state index in [1.54, 1.807) is 0 Å². The maximum atomic E-state index is 9.62. The number of hydrogen-bond donors (Lipinski definition) is 2. The van der Waals surface area contributed by atoms with Crippen molar-refractivity contribution in [2.75, 3.05) is 0 Å². The van der Waals surface area contributed by atoms with E-state index < -0.39 is 0 Å². The molecule has 2 N–H and O–H groups in total. The third kappa shape index (κ3) is 1.41. The lowest BCUT2D eigenvalue weighted by atomic mass is 9.71. The summed E-state index contributed by atoms with van der Waals surface area (Å²) in [4.78, 5) is 0. The largest absolute Gasteiger partial charge is 0.393 e. The van der Waals surface area contributed by atoms with E-state index in [0.717, 1.165) is 25.7 Å². The van der Waals surface area contributed by atoms with Crippen molar-refractivity contribution in [3.63, 3.8) is 0 Å². The van der Waals surface area contributed by atoms with Crippen LogP contribution in [0.5, 0.6) is 0 Å². The molecule has 0 aromatic carbocycles. The third-order valence-electron chi connectivity index (χ3n) is 3.23. The molecule has 0 heterocycles. The van der Waals surface area contributed by atoms with E-state index in [1.807, 2.05) is 6.08 Å². The molecule has 2 aliphatic carbocycles. The summed E-state index contributed by atoms with van der Waals surface area (Å²) in [5.74, 6) is 0.937. The minimum Gasteiger partial charge on any atom is -0.393 e. The van der Waals surface area contributed by atoms with Crippen LogP contribution in [-0.2, 0) is 0 Å². The van der Waals surface area contributed by atoms with Crippen molar-refractivity contribution in [1.82, 2.24) is 0 Å². The van der Waals surface area contributed by atoms with Gasteiger partial charge in [-0.1, -0.05) is 12.2 Å². The van der Waals surface area contributed by atoms with Gasteiger partial charge in [-0.25, -0.2) is 0 Å². The van der Waals surface area contributed by atoms with Crippen molar-refractivity contribution in [3.05, 3.63) is 12.2 Å². The number of hydrogen-bond acceptors (Lipinski definition) is 2. The Kier molecular flexibility index (Phi) is 2.20. The zero-order valence-corrected chi connectivity index (χ0v) is 7.19. The summed E-state index contributed by atoms with van der Waals surface area (Å²) < 4.78 is 0. The van der Waals surface area contributed by atoms with Crippen molar-refractivity contribution < 1.29 is 10.2 Å². The summed E-state index contributed by atoms with van der Waals surface area (Å²) in [5, 5.41) is 19.1. The molecule has 0 amide bonds. The number of allylic oxidation sites excluding steroid dienone is 1. The maximum absolute atomic E-state index is 9.62. The first kappa shape index (κ1) is 8.27. The highest BCUT2D eigenvalue weighted by Crippen LogP contribution is 2.37. The molecule has 4 atom stereocenters. The maximum Gasteiger partial charge on any atom is 0.0752 e. The first-order valence-electron chi connectivity index (χ1n) is 4.80. The van der Waals surface area contributed by atoms with Crippen LogP contribution in [0.15, 0.2) is 12.2 Å². The molecule has 0 aliphatic heterocycles. The summed E-state index contributed by atoms with van der Waals surface area (Å²) in [6, 6.07) is 0. The Labute approximate surface area is 72.9 Å². The lowest BCUT2D eigenvalue weighted by Gasteiger charge is -2.38. The molecule has 1 fully saturated rings. The Morgan fingerprint density at radius 2 is 2.00 bits per heavy atom. The molecule has 2 rings (SSSR count). The topological polar surface area (TPSA) is 40.5 Å². The van der Waals surface area contributed by atoms with Crippen molar-refractivity contribution in [2.45, 2.75) is 37.9 Å². The second kappa shape index (κ2) is 3.19. The van der Waals surface area contributed by atoms with Crippen molar-refractivity contribution in [1.29, 1.82) is 0 Å². The van der Waals surface area contributed by atoms with Gasteiger partial charge >= 0.3 is 0 Å². The standard InChI is InChI=1S/C10H16O2/c11-8-5-4-7-2-1-3-10(12)9(7)6-8/h1,3,7-12H,2,4-6H2/t7-,8?,9?,10-/m1/s1. The van der Waals surface area contributed by atoms with Gasteiger partial charge in [0.05, 0.1) is 12.2 Å². The van der Waals surface area contributed by atoms with Crippen LogP contribution in [0.3, 0.4) is 0 Å². The highest BCUT2D eigenvalue weighted by Gasteiger charge is 2.34. The van der Waals surface area contributed by atoms with Crippen LogP contribution in [0.25, 0.3) is 0 Å². The molecular weight excluding hydrogens is 152 g/mol. The smallest absolute Gasteiger partial charge is 0.0752 e. The van der Waals surface area contributed by atoms with E-state index in [4.69, 9.17) is 0 Å². The normalized spacial score (nSPS) is 47.2. The summed E-state index contributed by atoms with van der Waals surface area (Å²) in [6.45, 7) is 0. The number of aliphatic hydroxyl groups is 2. The van der Waals surface area contributed by atoms with Crippen LogP contribution in [-0.4, -0.2) is 22.4 Å². The minimum atomic E-state index is -0.307. The molecule has 0 radical (unpaired) electrons. The van der Waals surface area contributed by atoms with Crippen LogP contribution >= 0.6 is 0 Å². The van der Waals surface area contributed by atoms with Crippen molar-refractivity contribution >= 4 is 0 Å². The van der Waals surface area contributed by atoms with E-state index in [2.05, 4.69) is 6.08 Å². The molecule has 2 heteroatoms. The quantitative estimate of drug-likeness (QED) is 0.531. The second-order valence-corrected chi connectivity index (χ2v) is 4.05. The molecule has 0 saturated heterocycles. The highest BCUT2D eigenvalue weighted by atomic mass is 16.3. The molecule has 2 aliphatic rings. The third-order valence-corrected chi connectivity index (χ3v) is 3.23. The fourth-order valence-electron chi connectivity index (χ4n) is 2.49. The summed E-state index contributed by atoms with van der Waals surface area (Å²) in [5.41, 5.74) is 0. The summed E-state index contributed by atoms with van der Waals surface area (Å²) in [6.07, 6.45) is 7.34. The summed E-state index contributed by atoms with van der Waals surface area (Å²) >= 11 is 0. The van der Waals surface area contributed by atoms with Gasteiger partial charge in [-0.3, -0.25) is 0 Å². The molecule has 0 aromatic rings. The zero-order chi connectivity index (χ0) is 8.55. The Balaban J connectivity index is 2.07.